The van der Waals surface area contributed by atoms with Gasteiger partial charge in [0.2, 0.25) is 5.89 Å². The first kappa shape index (κ1) is 8.32. The molecule has 1 heterocycles. The monoisotopic (exact) mass is 168 g/mol. The predicted octanol–water partition coefficient (Wildman–Crippen LogP) is 0.449. The lowest BCUT2D eigenvalue weighted by molar-refractivity contribution is -0.132. The van der Waals surface area contributed by atoms with Crippen molar-refractivity contribution in [2.45, 2.75) is 6.92 Å². The topological polar surface area (TPSA) is 89.4 Å². The molecule has 0 fully saturated rings. The number of oxazole rings is 1. The lowest BCUT2D eigenvalue weighted by atomic mass is 10.2. The largest absolute Gasteiger partial charge is 0.477 e. The maximum Gasteiger partial charge on any atom is 0.352 e. The van der Waals surface area contributed by atoms with E-state index in [9.17, 15) is 4.79 Å². The van der Waals surface area contributed by atoms with Crippen LogP contribution in [0.5, 0.6) is 0 Å². The molecule has 0 saturated carbocycles. The van der Waals surface area contributed by atoms with Gasteiger partial charge in [0, 0.05) is 5.57 Å². The summed E-state index contributed by atoms with van der Waals surface area (Å²) < 4.78 is 4.85. The molecule has 0 radical (unpaired) electrons. The molecule has 0 aromatic carbocycles. The van der Waals surface area contributed by atoms with E-state index in [-0.39, 0.29) is 11.6 Å². The van der Waals surface area contributed by atoms with Gasteiger partial charge in [-0.1, -0.05) is 0 Å². The Labute approximate surface area is 68.5 Å². The van der Waals surface area contributed by atoms with Gasteiger partial charge in [-0.2, -0.15) is 0 Å². The number of nitrogens with zero attached hydrogens (tertiary/aromatic N) is 1. The van der Waals surface area contributed by atoms with Gasteiger partial charge in [-0.05, 0) is 6.92 Å². The van der Waals surface area contributed by atoms with Crippen LogP contribution in [-0.4, -0.2) is 16.1 Å². The number of allylic oxidation sites excluding steroid dienone is 1. The first-order chi connectivity index (χ1) is 5.63. The van der Waals surface area contributed by atoms with Crippen molar-refractivity contribution in [1.82, 2.24) is 4.98 Å². The molecular weight excluding hydrogens is 160 g/mol. The minimum Gasteiger partial charge on any atom is -0.477 e. The van der Waals surface area contributed by atoms with E-state index in [1.54, 1.807) is 0 Å². The number of carboxylic acid groups (broad SMARTS) is 1. The first-order valence-electron chi connectivity index (χ1n) is 3.22. The number of carbonyl (C=O) groups is 1. The van der Waals surface area contributed by atoms with Crippen LogP contribution in [0.1, 0.15) is 12.8 Å². The zero-order chi connectivity index (χ0) is 9.14. The number of aliphatic carboxylic acids is 1. The van der Waals surface area contributed by atoms with Crippen molar-refractivity contribution in [1.29, 1.82) is 0 Å². The molecule has 0 aliphatic carbocycles. The van der Waals surface area contributed by atoms with Crippen LogP contribution in [0.25, 0.3) is 5.57 Å². The summed E-state index contributed by atoms with van der Waals surface area (Å²) in [5, 5.41) is 8.50. The van der Waals surface area contributed by atoms with E-state index < -0.39 is 5.97 Å². The van der Waals surface area contributed by atoms with Gasteiger partial charge in [0.25, 0.3) is 0 Å². The number of aromatic nitrogens is 1. The lowest BCUT2D eigenvalue weighted by Gasteiger charge is -1.97. The minimum atomic E-state index is -1.18. The Hall–Kier alpha value is -1.78. The van der Waals surface area contributed by atoms with Gasteiger partial charge in [-0.25, -0.2) is 9.78 Å². The standard InChI is InChI=1S/C7H8N2O3/c1-4(5(8)7(10)11)6-9-2-3-12-6/h2-3H,8H2,1H3,(H,10,11)/b5-4-. The Balaban J connectivity index is 3.05. The molecule has 1 aromatic rings. The Kier molecular flexibility index (Phi) is 2.14. The van der Waals surface area contributed by atoms with Crippen LogP contribution in [0.3, 0.4) is 0 Å². The first-order valence-corrected chi connectivity index (χ1v) is 3.22. The van der Waals surface area contributed by atoms with Crippen LogP contribution in [-0.2, 0) is 4.79 Å². The molecule has 0 bridgehead atoms. The Morgan fingerprint density at radius 1 is 1.75 bits per heavy atom. The third kappa shape index (κ3) is 1.45. The summed E-state index contributed by atoms with van der Waals surface area (Å²) in [6, 6.07) is 0. The number of carboxylic acids is 1. The van der Waals surface area contributed by atoms with Crippen LogP contribution in [0.4, 0.5) is 0 Å². The maximum atomic E-state index is 10.4. The summed E-state index contributed by atoms with van der Waals surface area (Å²) in [5.74, 6) is -0.944. The van der Waals surface area contributed by atoms with Gasteiger partial charge in [0.15, 0.2) is 0 Å². The molecule has 64 valence electrons. The van der Waals surface area contributed by atoms with E-state index in [0.717, 1.165) is 0 Å². The zero-order valence-corrected chi connectivity index (χ0v) is 6.44. The summed E-state index contributed by atoms with van der Waals surface area (Å²) in [6.45, 7) is 1.54. The van der Waals surface area contributed by atoms with E-state index in [1.165, 1.54) is 19.4 Å². The molecule has 12 heavy (non-hydrogen) atoms. The van der Waals surface area contributed by atoms with Gasteiger partial charge in [-0.15, -0.1) is 0 Å². The van der Waals surface area contributed by atoms with Crippen molar-refractivity contribution in [2.24, 2.45) is 5.73 Å². The van der Waals surface area contributed by atoms with Gasteiger partial charge >= 0.3 is 5.97 Å². The molecule has 1 aromatic heterocycles. The second kappa shape index (κ2) is 3.08. The SMILES string of the molecule is C/C(=C(/N)C(=O)O)c1ncco1. The summed E-state index contributed by atoms with van der Waals surface area (Å²) in [7, 11) is 0. The molecular formula is C7H8N2O3. The van der Waals surface area contributed by atoms with Crippen molar-refractivity contribution in [3.8, 4) is 0 Å². The molecule has 5 nitrogen and oxygen atoms in total. The van der Waals surface area contributed by atoms with Gasteiger partial charge in [0.05, 0.1) is 6.20 Å². The quantitative estimate of drug-likeness (QED) is 0.625. The van der Waals surface area contributed by atoms with Gasteiger partial charge in [-0.3, -0.25) is 0 Å². The van der Waals surface area contributed by atoms with Crippen molar-refractivity contribution < 1.29 is 14.3 Å². The normalized spacial score (nSPS) is 12.4. The third-order valence-corrected chi connectivity index (χ3v) is 1.39. The molecule has 0 aliphatic rings. The van der Waals surface area contributed by atoms with Crippen LogP contribution >= 0.6 is 0 Å². The zero-order valence-electron chi connectivity index (χ0n) is 6.44. The average Bonchev–Trinajstić information content (AvgIpc) is 2.53. The predicted molar refractivity (Wildman–Crippen MR) is 40.9 cm³/mol. The Morgan fingerprint density at radius 3 is 2.83 bits per heavy atom. The maximum absolute atomic E-state index is 10.4. The Bertz CT molecular complexity index is 313. The molecule has 0 saturated heterocycles. The third-order valence-electron chi connectivity index (χ3n) is 1.39. The number of nitrogens with two attached hydrogens (primary N) is 1. The summed E-state index contributed by atoms with van der Waals surface area (Å²) >= 11 is 0. The van der Waals surface area contributed by atoms with E-state index in [4.69, 9.17) is 15.3 Å². The average molecular weight is 168 g/mol. The molecule has 0 unspecified atom stereocenters. The van der Waals surface area contributed by atoms with Crippen LogP contribution < -0.4 is 5.73 Å². The van der Waals surface area contributed by atoms with Gasteiger partial charge in [0.1, 0.15) is 12.0 Å². The molecule has 0 atom stereocenters. The summed E-state index contributed by atoms with van der Waals surface area (Å²) in [5.41, 5.74) is 5.31. The molecule has 3 N–H and O–H groups in total. The second-order valence-electron chi connectivity index (χ2n) is 2.18. The summed E-state index contributed by atoms with van der Waals surface area (Å²) in [6.07, 6.45) is 2.78. The van der Waals surface area contributed by atoms with Crippen LogP contribution in [0.2, 0.25) is 0 Å². The van der Waals surface area contributed by atoms with Crippen LogP contribution in [0, 0.1) is 0 Å². The molecule has 0 aliphatic heterocycles. The fourth-order valence-corrected chi connectivity index (χ4v) is 0.684. The molecule has 1 rings (SSSR count). The second-order valence-corrected chi connectivity index (χ2v) is 2.18. The molecule has 0 amide bonds. The summed E-state index contributed by atoms with van der Waals surface area (Å²) in [4.78, 5) is 14.1. The van der Waals surface area contributed by atoms with Crippen molar-refractivity contribution in [2.75, 3.05) is 0 Å². The number of hydrogen-bond acceptors (Lipinski definition) is 4. The minimum absolute atomic E-state index is 0.231. The van der Waals surface area contributed by atoms with E-state index in [2.05, 4.69) is 4.98 Å². The molecule has 5 heteroatoms. The van der Waals surface area contributed by atoms with Gasteiger partial charge < -0.3 is 15.3 Å². The lowest BCUT2D eigenvalue weighted by Crippen LogP contribution is -2.11. The fraction of sp³-hybridized carbons (Fsp3) is 0.143. The highest BCUT2D eigenvalue weighted by Gasteiger charge is 2.10. The highest BCUT2D eigenvalue weighted by atomic mass is 16.4. The van der Waals surface area contributed by atoms with E-state index >= 15 is 0 Å². The highest BCUT2D eigenvalue weighted by Crippen LogP contribution is 2.12. The van der Waals surface area contributed by atoms with Crippen molar-refractivity contribution in [3.63, 3.8) is 0 Å². The highest BCUT2D eigenvalue weighted by molar-refractivity contribution is 5.93. The fourth-order valence-electron chi connectivity index (χ4n) is 0.684. The number of hydrogen-bond donors (Lipinski definition) is 2. The number of rotatable bonds is 2. The van der Waals surface area contributed by atoms with E-state index in [1.807, 2.05) is 0 Å². The van der Waals surface area contributed by atoms with E-state index in [0.29, 0.717) is 5.57 Å². The van der Waals surface area contributed by atoms with Crippen LogP contribution in [0.15, 0.2) is 22.6 Å². The Morgan fingerprint density at radius 2 is 2.42 bits per heavy atom. The van der Waals surface area contributed by atoms with Crippen molar-refractivity contribution >= 4 is 11.5 Å². The smallest absolute Gasteiger partial charge is 0.352 e. The van der Waals surface area contributed by atoms with Crippen molar-refractivity contribution in [3.05, 3.63) is 24.0 Å². The molecule has 0 spiro atoms.